The summed E-state index contributed by atoms with van der Waals surface area (Å²) in [5.41, 5.74) is 5.76. The Kier molecular flexibility index (Phi) is 5.99. The van der Waals surface area contributed by atoms with Crippen molar-refractivity contribution in [3.63, 3.8) is 0 Å². The molecule has 0 aromatic heterocycles. The van der Waals surface area contributed by atoms with Gasteiger partial charge < -0.3 is 11.1 Å². The van der Waals surface area contributed by atoms with Crippen molar-refractivity contribution in [2.45, 2.75) is 57.6 Å². The first-order valence-electron chi connectivity index (χ1n) is 6.98. The molecule has 1 rings (SSSR count). The van der Waals surface area contributed by atoms with Gasteiger partial charge in [0.2, 0.25) is 5.91 Å². The van der Waals surface area contributed by atoms with E-state index in [-0.39, 0.29) is 16.1 Å². The van der Waals surface area contributed by atoms with Gasteiger partial charge in [-0.15, -0.1) is 0 Å². The summed E-state index contributed by atoms with van der Waals surface area (Å²) >= 11 is 1.99. The van der Waals surface area contributed by atoms with Gasteiger partial charge in [-0.3, -0.25) is 4.79 Å². The summed E-state index contributed by atoms with van der Waals surface area (Å²) in [5.74, 6) is 1.42. The monoisotopic (exact) mass is 272 g/mol. The molecule has 0 radical (unpaired) electrons. The summed E-state index contributed by atoms with van der Waals surface area (Å²) < 4.78 is 0.266. The third kappa shape index (κ3) is 5.61. The molecule has 0 bridgehead atoms. The van der Waals surface area contributed by atoms with Crippen LogP contribution < -0.4 is 11.1 Å². The minimum absolute atomic E-state index is 0.179. The third-order valence-corrected chi connectivity index (χ3v) is 5.35. The molecule has 1 unspecified atom stereocenters. The maximum Gasteiger partial charge on any atom is 0.220 e. The smallest absolute Gasteiger partial charge is 0.220 e. The lowest BCUT2D eigenvalue weighted by molar-refractivity contribution is -0.121. The molecule has 1 fully saturated rings. The maximum absolute atomic E-state index is 11.8. The third-order valence-electron chi connectivity index (χ3n) is 3.81. The maximum atomic E-state index is 11.8. The van der Waals surface area contributed by atoms with E-state index < -0.39 is 0 Å². The fourth-order valence-corrected chi connectivity index (χ4v) is 3.56. The lowest BCUT2D eigenvalue weighted by Gasteiger charge is -2.25. The summed E-state index contributed by atoms with van der Waals surface area (Å²) in [6.07, 6.45) is 5.01. The number of carbonyl (C=O) groups excluding carboxylic acids is 1. The van der Waals surface area contributed by atoms with Gasteiger partial charge in [0.25, 0.3) is 0 Å². The summed E-state index contributed by atoms with van der Waals surface area (Å²) in [5, 5.41) is 3.09. The standard InChI is InChI=1S/C14H28N2OS/c1-13(2,8-9-15)7-5-12(17)16-11-14(3)6-4-10-18-14/h4-11,15H2,1-3H3,(H,16,17). The molecule has 0 spiro atoms. The first-order chi connectivity index (χ1) is 8.37. The van der Waals surface area contributed by atoms with Crippen LogP contribution in [0.4, 0.5) is 0 Å². The zero-order valence-electron chi connectivity index (χ0n) is 12.1. The number of nitrogens with one attached hydrogen (secondary N) is 1. The first-order valence-corrected chi connectivity index (χ1v) is 7.96. The summed E-state index contributed by atoms with van der Waals surface area (Å²) in [7, 11) is 0. The van der Waals surface area contributed by atoms with Crippen molar-refractivity contribution < 1.29 is 4.79 Å². The molecule has 1 atom stereocenters. The van der Waals surface area contributed by atoms with E-state index >= 15 is 0 Å². The van der Waals surface area contributed by atoms with Crippen LogP contribution in [-0.2, 0) is 4.79 Å². The average molecular weight is 272 g/mol. The molecule has 0 aromatic rings. The molecule has 1 aliphatic heterocycles. The van der Waals surface area contributed by atoms with Crippen molar-refractivity contribution in [3.8, 4) is 0 Å². The quantitative estimate of drug-likeness (QED) is 0.749. The first kappa shape index (κ1) is 15.8. The number of hydrogen-bond acceptors (Lipinski definition) is 3. The highest BCUT2D eigenvalue weighted by atomic mass is 32.2. The van der Waals surface area contributed by atoms with Crippen LogP contribution in [0.5, 0.6) is 0 Å². The van der Waals surface area contributed by atoms with Crippen LogP contribution in [0, 0.1) is 5.41 Å². The molecule has 1 heterocycles. The Balaban J connectivity index is 2.21. The molecule has 1 amide bonds. The minimum atomic E-state index is 0.179. The van der Waals surface area contributed by atoms with Gasteiger partial charge in [0.05, 0.1) is 0 Å². The highest BCUT2D eigenvalue weighted by Crippen LogP contribution is 2.37. The summed E-state index contributed by atoms with van der Waals surface area (Å²) in [6.45, 7) is 8.13. The van der Waals surface area contributed by atoms with Gasteiger partial charge in [-0.25, -0.2) is 0 Å². The van der Waals surface area contributed by atoms with Gasteiger partial charge in [0, 0.05) is 17.7 Å². The minimum Gasteiger partial charge on any atom is -0.355 e. The average Bonchev–Trinajstić information content (AvgIpc) is 2.72. The van der Waals surface area contributed by atoms with Gasteiger partial charge in [-0.05, 0) is 50.3 Å². The Morgan fingerprint density at radius 2 is 2.17 bits per heavy atom. The van der Waals surface area contributed by atoms with Crippen molar-refractivity contribution in [1.82, 2.24) is 5.32 Å². The van der Waals surface area contributed by atoms with Gasteiger partial charge >= 0.3 is 0 Å². The number of nitrogens with two attached hydrogens (primary N) is 1. The van der Waals surface area contributed by atoms with Crippen LogP contribution >= 0.6 is 11.8 Å². The number of thioether (sulfide) groups is 1. The Labute approximate surface area is 116 Å². The molecule has 106 valence electrons. The van der Waals surface area contributed by atoms with Crippen molar-refractivity contribution in [2.75, 3.05) is 18.8 Å². The van der Waals surface area contributed by atoms with Gasteiger partial charge in [-0.2, -0.15) is 11.8 Å². The second-order valence-electron chi connectivity index (χ2n) is 6.38. The second-order valence-corrected chi connectivity index (χ2v) is 8.06. The second kappa shape index (κ2) is 6.80. The number of hydrogen-bond donors (Lipinski definition) is 2. The molecule has 3 nitrogen and oxygen atoms in total. The van der Waals surface area contributed by atoms with E-state index in [1.165, 1.54) is 18.6 Å². The van der Waals surface area contributed by atoms with E-state index in [0.29, 0.717) is 13.0 Å². The lowest BCUT2D eigenvalue weighted by atomic mass is 9.84. The Morgan fingerprint density at radius 3 is 2.72 bits per heavy atom. The molecule has 0 saturated carbocycles. The van der Waals surface area contributed by atoms with Crippen LogP contribution in [0.25, 0.3) is 0 Å². The zero-order valence-corrected chi connectivity index (χ0v) is 12.9. The van der Waals surface area contributed by atoms with E-state index in [9.17, 15) is 4.79 Å². The molecule has 4 heteroatoms. The molecule has 18 heavy (non-hydrogen) atoms. The molecule has 0 aliphatic carbocycles. The van der Waals surface area contributed by atoms with Crippen molar-refractivity contribution >= 4 is 17.7 Å². The highest BCUT2D eigenvalue weighted by Gasteiger charge is 2.29. The fraction of sp³-hybridized carbons (Fsp3) is 0.929. The zero-order chi connectivity index (χ0) is 13.6. The molecule has 0 aromatic carbocycles. The summed E-state index contributed by atoms with van der Waals surface area (Å²) in [6, 6.07) is 0. The fourth-order valence-electron chi connectivity index (χ4n) is 2.32. The van der Waals surface area contributed by atoms with Gasteiger partial charge in [0.15, 0.2) is 0 Å². The van der Waals surface area contributed by atoms with Crippen LogP contribution in [0.1, 0.15) is 52.9 Å². The predicted octanol–water partition coefficient (Wildman–Crippen LogP) is 2.54. The van der Waals surface area contributed by atoms with Crippen molar-refractivity contribution in [1.29, 1.82) is 0 Å². The Morgan fingerprint density at radius 1 is 1.44 bits per heavy atom. The van der Waals surface area contributed by atoms with E-state index in [4.69, 9.17) is 5.73 Å². The molecular formula is C14H28N2OS. The topological polar surface area (TPSA) is 55.1 Å². The molecule has 1 aliphatic rings. The van der Waals surface area contributed by atoms with Gasteiger partial charge in [0.1, 0.15) is 0 Å². The number of amides is 1. The Hall–Kier alpha value is -0.220. The molecular weight excluding hydrogens is 244 g/mol. The predicted molar refractivity (Wildman–Crippen MR) is 79.8 cm³/mol. The summed E-state index contributed by atoms with van der Waals surface area (Å²) in [4.78, 5) is 11.8. The van der Waals surface area contributed by atoms with E-state index in [2.05, 4.69) is 26.1 Å². The van der Waals surface area contributed by atoms with Crippen LogP contribution in [0.15, 0.2) is 0 Å². The normalized spacial score (nSPS) is 24.2. The van der Waals surface area contributed by atoms with Gasteiger partial charge in [-0.1, -0.05) is 13.8 Å². The highest BCUT2D eigenvalue weighted by molar-refractivity contribution is 8.00. The van der Waals surface area contributed by atoms with Crippen LogP contribution in [0.3, 0.4) is 0 Å². The van der Waals surface area contributed by atoms with E-state index in [1.807, 2.05) is 11.8 Å². The van der Waals surface area contributed by atoms with Crippen LogP contribution in [0.2, 0.25) is 0 Å². The molecule has 1 saturated heterocycles. The largest absolute Gasteiger partial charge is 0.355 e. The van der Waals surface area contributed by atoms with Crippen molar-refractivity contribution in [3.05, 3.63) is 0 Å². The number of rotatable bonds is 7. The van der Waals surface area contributed by atoms with Crippen molar-refractivity contribution in [2.24, 2.45) is 11.1 Å². The SMILES string of the molecule is CC(C)(CCN)CCC(=O)NCC1(C)CCCS1. The molecule has 3 N–H and O–H groups in total. The van der Waals surface area contributed by atoms with Crippen LogP contribution in [-0.4, -0.2) is 29.5 Å². The number of carbonyl (C=O) groups is 1. The van der Waals surface area contributed by atoms with E-state index in [1.54, 1.807) is 0 Å². The lowest BCUT2D eigenvalue weighted by Crippen LogP contribution is -2.37. The Bertz CT molecular complexity index is 273. The van der Waals surface area contributed by atoms with E-state index in [0.717, 1.165) is 19.4 Å².